The van der Waals surface area contributed by atoms with Gasteiger partial charge in [-0.15, -0.1) is 0 Å². The second-order valence-electron chi connectivity index (χ2n) is 5.68. The van der Waals surface area contributed by atoms with Crippen LogP contribution in [-0.2, 0) is 11.3 Å². The van der Waals surface area contributed by atoms with Crippen LogP contribution in [0.4, 0.5) is 0 Å². The van der Waals surface area contributed by atoms with Crippen LogP contribution in [0.2, 0.25) is 0 Å². The summed E-state index contributed by atoms with van der Waals surface area (Å²) in [4.78, 5) is 15.7. The third-order valence-electron chi connectivity index (χ3n) is 3.84. The summed E-state index contributed by atoms with van der Waals surface area (Å²) in [7, 11) is 0. The largest absolute Gasteiger partial charge is 0.340 e. The fourth-order valence-electron chi connectivity index (χ4n) is 2.53. The molecule has 3 heteroatoms. The van der Waals surface area contributed by atoms with E-state index in [1.54, 1.807) is 6.92 Å². The number of benzene rings is 1. The van der Waals surface area contributed by atoms with Gasteiger partial charge in [0, 0.05) is 39.6 Å². The van der Waals surface area contributed by atoms with Crippen molar-refractivity contribution in [1.29, 1.82) is 0 Å². The molecule has 1 aliphatic rings. The molecule has 0 saturated carbocycles. The Morgan fingerprint density at radius 2 is 1.89 bits per heavy atom. The summed E-state index contributed by atoms with van der Waals surface area (Å²) in [5, 5.41) is 0. The Bertz CT molecular complexity index is 434. The zero-order valence-corrected chi connectivity index (χ0v) is 12.2. The number of carbonyl (C=O) groups is 1. The van der Waals surface area contributed by atoms with Crippen molar-refractivity contribution in [2.24, 2.45) is 0 Å². The molecule has 0 atom stereocenters. The van der Waals surface area contributed by atoms with E-state index in [-0.39, 0.29) is 5.91 Å². The lowest BCUT2D eigenvalue weighted by Crippen LogP contribution is -2.47. The van der Waals surface area contributed by atoms with Crippen LogP contribution in [0.5, 0.6) is 0 Å². The Morgan fingerprint density at radius 3 is 2.47 bits per heavy atom. The molecule has 1 aromatic carbocycles. The normalized spacial score (nSPS) is 16.9. The number of piperazine rings is 1. The molecular weight excluding hydrogens is 236 g/mol. The monoisotopic (exact) mass is 260 g/mol. The molecular formula is C16H24N2O. The van der Waals surface area contributed by atoms with Gasteiger partial charge in [-0.1, -0.05) is 38.1 Å². The average molecular weight is 260 g/mol. The summed E-state index contributed by atoms with van der Waals surface area (Å²) in [6.07, 6.45) is 0. The van der Waals surface area contributed by atoms with Crippen LogP contribution in [0.15, 0.2) is 24.3 Å². The predicted octanol–water partition coefficient (Wildman–Crippen LogP) is 2.47. The van der Waals surface area contributed by atoms with Gasteiger partial charge in [-0.2, -0.15) is 0 Å². The van der Waals surface area contributed by atoms with Gasteiger partial charge in [-0.3, -0.25) is 9.69 Å². The lowest BCUT2D eigenvalue weighted by atomic mass is 10.0. The van der Waals surface area contributed by atoms with Gasteiger partial charge in [0.1, 0.15) is 0 Å². The Morgan fingerprint density at radius 1 is 1.21 bits per heavy atom. The number of hydrogen-bond acceptors (Lipinski definition) is 2. The Balaban J connectivity index is 1.92. The topological polar surface area (TPSA) is 23.6 Å². The second-order valence-corrected chi connectivity index (χ2v) is 5.68. The van der Waals surface area contributed by atoms with Crippen molar-refractivity contribution >= 4 is 5.91 Å². The van der Waals surface area contributed by atoms with Gasteiger partial charge in [0.15, 0.2) is 0 Å². The van der Waals surface area contributed by atoms with Gasteiger partial charge in [-0.05, 0) is 17.0 Å². The van der Waals surface area contributed by atoms with E-state index in [9.17, 15) is 4.79 Å². The SMILES string of the molecule is CC(=O)N1CCN(Cc2cccc(C(C)C)c2)CC1. The fourth-order valence-corrected chi connectivity index (χ4v) is 2.53. The van der Waals surface area contributed by atoms with Crippen molar-refractivity contribution in [1.82, 2.24) is 9.80 Å². The maximum absolute atomic E-state index is 11.3. The molecule has 0 bridgehead atoms. The summed E-state index contributed by atoms with van der Waals surface area (Å²) >= 11 is 0. The smallest absolute Gasteiger partial charge is 0.219 e. The predicted molar refractivity (Wildman–Crippen MR) is 78.1 cm³/mol. The molecule has 3 nitrogen and oxygen atoms in total. The van der Waals surface area contributed by atoms with Crippen molar-refractivity contribution in [3.8, 4) is 0 Å². The minimum Gasteiger partial charge on any atom is -0.340 e. The average Bonchev–Trinajstić information content (AvgIpc) is 2.39. The minimum atomic E-state index is 0.196. The van der Waals surface area contributed by atoms with Gasteiger partial charge in [0.25, 0.3) is 0 Å². The highest BCUT2D eigenvalue weighted by atomic mass is 16.2. The number of carbonyl (C=O) groups excluding carboxylic acids is 1. The summed E-state index contributed by atoms with van der Waals surface area (Å²) in [5.74, 6) is 0.774. The molecule has 0 N–H and O–H groups in total. The van der Waals surface area contributed by atoms with Crippen LogP contribution in [0.25, 0.3) is 0 Å². The molecule has 1 saturated heterocycles. The van der Waals surface area contributed by atoms with Gasteiger partial charge in [0.2, 0.25) is 5.91 Å². The highest BCUT2D eigenvalue weighted by molar-refractivity contribution is 5.73. The first-order valence-electron chi connectivity index (χ1n) is 7.13. The van der Waals surface area contributed by atoms with Crippen LogP contribution in [-0.4, -0.2) is 41.9 Å². The van der Waals surface area contributed by atoms with Crippen molar-refractivity contribution in [3.63, 3.8) is 0 Å². The quantitative estimate of drug-likeness (QED) is 0.833. The summed E-state index contributed by atoms with van der Waals surface area (Å²) < 4.78 is 0. The molecule has 1 fully saturated rings. The standard InChI is InChI=1S/C16H24N2O/c1-13(2)16-6-4-5-15(11-16)12-17-7-9-18(10-8-17)14(3)19/h4-6,11,13H,7-10,12H2,1-3H3. The first-order chi connectivity index (χ1) is 9.06. The Hall–Kier alpha value is -1.35. The van der Waals surface area contributed by atoms with E-state index in [2.05, 4.69) is 43.0 Å². The van der Waals surface area contributed by atoms with Gasteiger partial charge in [0.05, 0.1) is 0 Å². The van der Waals surface area contributed by atoms with E-state index >= 15 is 0 Å². The first-order valence-corrected chi connectivity index (χ1v) is 7.13. The maximum atomic E-state index is 11.3. The summed E-state index contributed by atoms with van der Waals surface area (Å²) in [5.41, 5.74) is 2.78. The van der Waals surface area contributed by atoms with E-state index in [1.165, 1.54) is 11.1 Å². The molecule has 0 aliphatic carbocycles. The van der Waals surface area contributed by atoms with Gasteiger partial charge < -0.3 is 4.90 Å². The molecule has 19 heavy (non-hydrogen) atoms. The van der Waals surface area contributed by atoms with Crippen molar-refractivity contribution in [3.05, 3.63) is 35.4 Å². The van der Waals surface area contributed by atoms with Crippen LogP contribution < -0.4 is 0 Å². The fraction of sp³-hybridized carbons (Fsp3) is 0.562. The molecule has 1 amide bonds. The Labute approximate surface area is 116 Å². The van der Waals surface area contributed by atoms with E-state index in [0.29, 0.717) is 5.92 Å². The van der Waals surface area contributed by atoms with E-state index in [4.69, 9.17) is 0 Å². The number of nitrogens with zero attached hydrogens (tertiary/aromatic N) is 2. The zero-order valence-electron chi connectivity index (χ0n) is 12.2. The molecule has 104 valence electrons. The number of rotatable bonds is 3. The molecule has 0 aromatic heterocycles. The third kappa shape index (κ3) is 3.80. The molecule has 0 spiro atoms. The first kappa shape index (κ1) is 14.1. The van der Waals surface area contributed by atoms with Crippen molar-refractivity contribution in [2.75, 3.05) is 26.2 Å². The molecule has 2 rings (SSSR count). The maximum Gasteiger partial charge on any atom is 0.219 e. The highest BCUT2D eigenvalue weighted by Crippen LogP contribution is 2.17. The molecule has 0 unspecified atom stereocenters. The molecule has 1 aromatic rings. The number of amides is 1. The van der Waals surface area contributed by atoms with E-state index < -0.39 is 0 Å². The molecule has 0 radical (unpaired) electrons. The molecule has 1 aliphatic heterocycles. The number of hydrogen-bond donors (Lipinski definition) is 0. The van der Waals surface area contributed by atoms with Crippen molar-refractivity contribution < 1.29 is 4.79 Å². The lowest BCUT2D eigenvalue weighted by Gasteiger charge is -2.34. The summed E-state index contributed by atoms with van der Waals surface area (Å²) in [6.45, 7) is 10.8. The van der Waals surface area contributed by atoms with Crippen LogP contribution in [0, 0.1) is 0 Å². The Kier molecular flexibility index (Phi) is 4.59. The highest BCUT2D eigenvalue weighted by Gasteiger charge is 2.18. The third-order valence-corrected chi connectivity index (χ3v) is 3.84. The van der Waals surface area contributed by atoms with Gasteiger partial charge >= 0.3 is 0 Å². The van der Waals surface area contributed by atoms with Gasteiger partial charge in [-0.25, -0.2) is 0 Å². The van der Waals surface area contributed by atoms with E-state index in [1.807, 2.05) is 4.90 Å². The van der Waals surface area contributed by atoms with Crippen molar-refractivity contribution in [2.45, 2.75) is 33.2 Å². The summed E-state index contributed by atoms with van der Waals surface area (Å²) in [6, 6.07) is 8.85. The van der Waals surface area contributed by atoms with Crippen LogP contribution in [0.1, 0.15) is 37.8 Å². The lowest BCUT2D eigenvalue weighted by molar-refractivity contribution is -0.130. The second kappa shape index (κ2) is 6.20. The van der Waals surface area contributed by atoms with E-state index in [0.717, 1.165) is 32.7 Å². The zero-order chi connectivity index (χ0) is 13.8. The molecule has 1 heterocycles. The minimum absolute atomic E-state index is 0.196. The van der Waals surface area contributed by atoms with Crippen LogP contribution >= 0.6 is 0 Å². The van der Waals surface area contributed by atoms with Crippen LogP contribution in [0.3, 0.4) is 0 Å².